The van der Waals surface area contributed by atoms with E-state index in [1.54, 1.807) is 32.3 Å². The van der Waals surface area contributed by atoms with Crippen molar-refractivity contribution in [2.75, 3.05) is 13.1 Å². The van der Waals surface area contributed by atoms with Gasteiger partial charge in [0.25, 0.3) is 0 Å². The van der Waals surface area contributed by atoms with E-state index in [1.807, 2.05) is 55.5 Å². The van der Waals surface area contributed by atoms with Gasteiger partial charge in [-0.25, -0.2) is 8.42 Å². The molecule has 0 radical (unpaired) electrons. The first-order valence-corrected chi connectivity index (χ1v) is 12.0. The average molecular weight is 452 g/mol. The Morgan fingerprint density at radius 3 is 2.25 bits per heavy atom. The van der Waals surface area contributed by atoms with Crippen LogP contribution < -0.4 is 5.32 Å². The molecule has 0 aliphatic carbocycles. The van der Waals surface area contributed by atoms with E-state index in [9.17, 15) is 13.2 Å². The number of aryl methyl sites for hydroxylation is 3. The number of benzene rings is 2. The number of hydrogen-bond acceptors (Lipinski definition) is 4. The minimum Gasteiger partial charge on any atom is -0.351 e. The molecule has 1 N–H and O–H groups in total. The zero-order valence-corrected chi connectivity index (χ0v) is 19.5. The number of amides is 1. The predicted octanol–water partition coefficient (Wildman–Crippen LogP) is 3.56. The summed E-state index contributed by atoms with van der Waals surface area (Å²) >= 11 is 0. The van der Waals surface area contributed by atoms with Crippen LogP contribution in [0.25, 0.3) is 0 Å². The number of carbonyl (C=O) groups excluding carboxylic acids is 1. The molecule has 3 rings (SSSR count). The molecule has 0 fully saturated rings. The molecule has 0 atom stereocenters. The minimum absolute atomic E-state index is 0.208. The van der Waals surface area contributed by atoms with Crippen molar-refractivity contribution in [3.8, 4) is 0 Å². The molecule has 0 spiro atoms. The summed E-state index contributed by atoms with van der Waals surface area (Å²) < 4.78 is 28.6. The number of rotatable bonds is 9. The third kappa shape index (κ3) is 6.02. The molecule has 0 saturated heterocycles. The molecule has 0 saturated carbocycles. The van der Waals surface area contributed by atoms with Crippen molar-refractivity contribution >= 4 is 15.9 Å². The van der Waals surface area contributed by atoms with Crippen molar-refractivity contribution in [1.29, 1.82) is 0 Å². The third-order valence-electron chi connectivity index (χ3n) is 5.23. The number of hydrogen-bond donors (Lipinski definition) is 1. The third-order valence-corrected chi connectivity index (χ3v) is 7.38. The lowest BCUT2D eigenvalue weighted by molar-refractivity contribution is -0.121. The zero-order chi connectivity index (χ0) is 23.1. The van der Waals surface area contributed by atoms with Crippen molar-refractivity contribution < 1.29 is 13.2 Å². The molecule has 1 heterocycles. The topological polar surface area (TPSA) is 79.4 Å². The van der Waals surface area contributed by atoms with Gasteiger partial charge in [-0.3, -0.25) is 9.78 Å². The van der Waals surface area contributed by atoms with Crippen LogP contribution >= 0.6 is 0 Å². The van der Waals surface area contributed by atoms with Gasteiger partial charge in [0.15, 0.2) is 0 Å². The molecule has 2 aromatic carbocycles. The van der Waals surface area contributed by atoms with Crippen LogP contribution in [0.3, 0.4) is 0 Å². The van der Waals surface area contributed by atoms with Crippen LogP contribution in [-0.2, 0) is 27.8 Å². The van der Waals surface area contributed by atoms with Gasteiger partial charge in [0.05, 0.1) is 11.4 Å². The average Bonchev–Trinajstić information content (AvgIpc) is 2.75. The maximum absolute atomic E-state index is 13.7. The summed E-state index contributed by atoms with van der Waals surface area (Å²) in [5, 5.41) is 2.80. The second-order valence-corrected chi connectivity index (χ2v) is 9.81. The summed E-state index contributed by atoms with van der Waals surface area (Å²) in [4.78, 5) is 17.0. The van der Waals surface area contributed by atoms with E-state index in [0.717, 1.165) is 16.7 Å². The first-order chi connectivity index (χ1) is 15.3. The number of carbonyl (C=O) groups is 1. The van der Waals surface area contributed by atoms with Gasteiger partial charge in [0.1, 0.15) is 0 Å². The highest BCUT2D eigenvalue weighted by molar-refractivity contribution is 7.89. The van der Waals surface area contributed by atoms with Gasteiger partial charge in [0.2, 0.25) is 15.9 Å². The van der Waals surface area contributed by atoms with E-state index in [0.29, 0.717) is 24.1 Å². The fraction of sp³-hybridized carbons (Fsp3) is 0.280. The van der Waals surface area contributed by atoms with Crippen LogP contribution in [0.2, 0.25) is 0 Å². The minimum atomic E-state index is -3.87. The van der Waals surface area contributed by atoms with Crippen LogP contribution in [-0.4, -0.2) is 36.7 Å². The Labute approximate surface area is 190 Å². The summed E-state index contributed by atoms with van der Waals surface area (Å²) in [6.45, 7) is 5.79. The lowest BCUT2D eigenvalue weighted by Gasteiger charge is -2.24. The Morgan fingerprint density at radius 2 is 1.62 bits per heavy atom. The Hall–Kier alpha value is -3.03. The van der Waals surface area contributed by atoms with Gasteiger partial charge < -0.3 is 5.32 Å². The van der Waals surface area contributed by atoms with Gasteiger partial charge in [-0.1, -0.05) is 54.1 Å². The Morgan fingerprint density at radius 1 is 0.969 bits per heavy atom. The second-order valence-electron chi connectivity index (χ2n) is 7.94. The highest BCUT2D eigenvalue weighted by Crippen LogP contribution is 2.25. The number of aromatic nitrogens is 1. The summed E-state index contributed by atoms with van der Waals surface area (Å²) in [5.41, 5.74) is 4.24. The molecule has 7 heteroatoms. The van der Waals surface area contributed by atoms with Gasteiger partial charge in [0, 0.05) is 25.5 Å². The molecule has 3 aromatic rings. The lowest BCUT2D eigenvalue weighted by atomic mass is 10.1. The van der Waals surface area contributed by atoms with Gasteiger partial charge in [-0.15, -0.1) is 0 Å². The Kier molecular flexibility index (Phi) is 7.77. The molecule has 1 amide bonds. The lowest BCUT2D eigenvalue weighted by Crippen LogP contribution is -2.42. The van der Waals surface area contributed by atoms with E-state index >= 15 is 0 Å². The molecule has 32 heavy (non-hydrogen) atoms. The van der Waals surface area contributed by atoms with E-state index in [-0.39, 0.29) is 23.9 Å². The van der Waals surface area contributed by atoms with Crippen LogP contribution in [0, 0.1) is 20.8 Å². The van der Waals surface area contributed by atoms with Gasteiger partial charge >= 0.3 is 0 Å². The molecule has 6 nitrogen and oxygen atoms in total. The van der Waals surface area contributed by atoms with Crippen LogP contribution in [0.5, 0.6) is 0 Å². The largest absolute Gasteiger partial charge is 0.351 e. The summed E-state index contributed by atoms with van der Waals surface area (Å²) in [6, 6.07) is 17.0. The molecule has 0 unspecified atom stereocenters. The van der Waals surface area contributed by atoms with Gasteiger partial charge in [-0.05, 0) is 55.5 Å². The normalized spacial score (nSPS) is 11.5. The van der Waals surface area contributed by atoms with Crippen LogP contribution in [0.15, 0.2) is 71.9 Å². The smallest absolute Gasteiger partial charge is 0.244 e. The fourth-order valence-corrected chi connectivity index (χ4v) is 5.61. The van der Waals surface area contributed by atoms with E-state index in [4.69, 9.17) is 0 Å². The summed E-state index contributed by atoms with van der Waals surface area (Å²) in [7, 11) is -3.87. The highest BCUT2D eigenvalue weighted by Gasteiger charge is 2.29. The standard InChI is InChI=1S/C25H29N3O3S/c1-19-14-20(2)25(21(3)15-19)32(30,31)28(13-11-22-8-5-4-6-9-22)18-24(29)27-17-23-10-7-12-26-16-23/h4-10,12,14-16H,11,13,17-18H2,1-3H3,(H,27,29). The molecule has 1 aromatic heterocycles. The molecule has 0 bridgehead atoms. The number of nitrogens with one attached hydrogen (secondary N) is 1. The van der Waals surface area contributed by atoms with Crippen molar-refractivity contribution in [3.63, 3.8) is 0 Å². The van der Waals surface area contributed by atoms with E-state index in [2.05, 4.69) is 10.3 Å². The Bertz CT molecular complexity index is 1140. The summed E-state index contributed by atoms with van der Waals surface area (Å²) in [6.07, 6.45) is 3.85. The van der Waals surface area contributed by atoms with Crippen molar-refractivity contribution in [2.45, 2.75) is 38.6 Å². The first kappa shape index (κ1) is 23.6. The van der Waals surface area contributed by atoms with Crippen molar-refractivity contribution in [3.05, 3.63) is 94.8 Å². The number of nitrogens with zero attached hydrogens (tertiary/aromatic N) is 2. The number of sulfonamides is 1. The zero-order valence-electron chi connectivity index (χ0n) is 18.7. The summed E-state index contributed by atoms with van der Waals surface area (Å²) in [5.74, 6) is -0.354. The van der Waals surface area contributed by atoms with Crippen molar-refractivity contribution in [1.82, 2.24) is 14.6 Å². The quantitative estimate of drug-likeness (QED) is 0.540. The van der Waals surface area contributed by atoms with Crippen molar-refractivity contribution in [2.24, 2.45) is 0 Å². The van der Waals surface area contributed by atoms with Crippen LogP contribution in [0.1, 0.15) is 27.8 Å². The van der Waals surface area contributed by atoms with E-state index < -0.39 is 10.0 Å². The maximum Gasteiger partial charge on any atom is 0.244 e. The molecular formula is C25H29N3O3S. The first-order valence-electron chi connectivity index (χ1n) is 10.5. The maximum atomic E-state index is 13.7. The Balaban J connectivity index is 1.83. The van der Waals surface area contributed by atoms with E-state index in [1.165, 1.54) is 4.31 Å². The molecule has 168 valence electrons. The number of pyridine rings is 1. The SMILES string of the molecule is Cc1cc(C)c(S(=O)(=O)N(CCc2ccccc2)CC(=O)NCc2cccnc2)c(C)c1. The highest BCUT2D eigenvalue weighted by atomic mass is 32.2. The fourth-order valence-electron chi connectivity index (χ4n) is 3.80. The predicted molar refractivity (Wildman–Crippen MR) is 126 cm³/mol. The molecule has 0 aliphatic heterocycles. The molecule has 0 aliphatic rings. The van der Waals surface area contributed by atoms with Gasteiger partial charge in [-0.2, -0.15) is 4.31 Å². The molecular weight excluding hydrogens is 422 g/mol. The van der Waals surface area contributed by atoms with Crippen LogP contribution in [0.4, 0.5) is 0 Å². The monoisotopic (exact) mass is 451 g/mol. The second kappa shape index (κ2) is 10.5.